The van der Waals surface area contributed by atoms with Crippen molar-refractivity contribution in [3.8, 4) is 23.1 Å². The molecule has 1 saturated heterocycles. The van der Waals surface area contributed by atoms with Crippen LogP contribution < -0.4 is 10.1 Å². The zero-order valence-electron chi connectivity index (χ0n) is 19.5. The summed E-state index contributed by atoms with van der Waals surface area (Å²) < 4.78 is 12.5. The highest BCUT2D eigenvalue weighted by Crippen LogP contribution is 2.29. The van der Waals surface area contributed by atoms with E-state index in [9.17, 15) is 10.1 Å². The second-order valence-electron chi connectivity index (χ2n) is 8.20. The monoisotopic (exact) mass is 468 g/mol. The number of methoxy groups -OCH3 is 1. The standard InChI is InChI=1S/C26H24N6O3/c1-17-13-20(4-5-21(17)26(33)31-9-11-35-12-10-31)30-24-25-29-16-22(32(25)8-7-28-24)18-3-6-23(34-2)19(14-18)15-27/h3-8,13-14,16H,9-12H2,1-2H3,(H,28,30). The largest absolute Gasteiger partial charge is 0.495 e. The molecule has 1 N–H and O–H groups in total. The van der Waals surface area contributed by atoms with Gasteiger partial charge in [-0.3, -0.25) is 9.20 Å². The number of aryl methyl sites for hydroxylation is 1. The van der Waals surface area contributed by atoms with Crippen molar-refractivity contribution in [2.75, 3.05) is 38.7 Å². The third-order valence-electron chi connectivity index (χ3n) is 6.06. The van der Waals surface area contributed by atoms with Gasteiger partial charge < -0.3 is 19.7 Å². The maximum Gasteiger partial charge on any atom is 0.254 e. The quantitative estimate of drug-likeness (QED) is 0.475. The van der Waals surface area contributed by atoms with Crippen LogP contribution in [0.2, 0.25) is 0 Å². The fraction of sp³-hybridized carbons (Fsp3) is 0.231. The summed E-state index contributed by atoms with van der Waals surface area (Å²) in [4.78, 5) is 23.8. The minimum atomic E-state index is 0.0201. The van der Waals surface area contributed by atoms with Crippen LogP contribution in [0.5, 0.6) is 5.75 Å². The van der Waals surface area contributed by atoms with Crippen LogP contribution in [0.4, 0.5) is 11.5 Å². The van der Waals surface area contributed by atoms with Crippen molar-refractivity contribution in [2.24, 2.45) is 0 Å². The summed E-state index contributed by atoms with van der Waals surface area (Å²) in [5, 5.41) is 12.8. The number of fused-ring (bicyclic) bond motifs is 1. The first-order valence-corrected chi connectivity index (χ1v) is 11.2. The van der Waals surface area contributed by atoms with E-state index >= 15 is 0 Å². The van der Waals surface area contributed by atoms with Crippen LogP contribution in [-0.2, 0) is 4.74 Å². The van der Waals surface area contributed by atoms with Gasteiger partial charge in [0.15, 0.2) is 11.5 Å². The molecule has 2 aromatic heterocycles. The Hall–Kier alpha value is -4.42. The second-order valence-corrected chi connectivity index (χ2v) is 8.20. The zero-order chi connectivity index (χ0) is 24.4. The number of rotatable bonds is 5. The Morgan fingerprint density at radius 3 is 2.74 bits per heavy atom. The molecular formula is C26H24N6O3. The molecule has 9 heteroatoms. The molecule has 0 bridgehead atoms. The lowest BCUT2D eigenvalue weighted by molar-refractivity contribution is 0.0302. The van der Waals surface area contributed by atoms with Gasteiger partial charge in [0.25, 0.3) is 5.91 Å². The van der Waals surface area contributed by atoms with Gasteiger partial charge in [0.2, 0.25) is 0 Å². The molecule has 35 heavy (non-hydrogen) atoms. The maximum atomic E-state index is 12.9. The van der Waals surface area contributed by atoms with E-state index in [2.05, 4.69) is 21.4 Å². The van der Waals surface area contributed by atoms with Crippen molar-refractivity contribution in [1.82, 2.24) is 19.3 Å². The van der Waals surface area contributed by atoms with Gasteiger partial charge in [-0.05, 0) is 48.9 Å². The summed E-state index contributed by atoms with van der Waals surface area (Å²) in [7, 11) is 1.54. The van der Waals surface area contributed by atoms with Crippen molar-refractivity contribution >= 4 is 23.1 Å². The molecule has 2 aromatic carbocycles. The molecule has 1 aliphatic heterocycles. The Bertz CT molecular complexity index is 1450. The van der Waals surface area contributed by atoms with Gasteiger partial charge in [0.1, 0.15) is 11.8 Å². The van der Waals surface area contributed by atoms with Crippen LogP contribution >= 0.6 is 0 Å². The molecule has 0 radical (unpaired) electrons. The maximum absolute atomic E-state index is 12.9. The number of nitrogens with zero attached hydrogens (tertiary/aromatic N) is 5. The van der Waals surface area contributed by atoms with Crippen LogP contribution in [0.3, 0.4) is 0 Å². The topological polar surface area (TPSA) is 105 Å². The van der Waals surface area contributed by atoms with Gasteiger partial charge in [0.05, 0.1) is 37.8 Å². The van der Waals surface area contributed by atoms with Gasteiger partial charge in [-0.2, -0.15) is 5.26 Å². The molecule has 9 nitrogen and oxygen atoms in total. The van der Waals surface area contributed by atoms with E-state index in [-0.39, 0.29) is 5.91 Å². The summed E-state index contributed by atoms with van der Waals surface area (Å²) in [6.07, 6.45) is 5.27. The number of morpholine rings is 1. The van der Waals surface area contributed by atoms with E-state index in [0.29, 0.717) is 54.6 Å². The summed E-state index contributed by atoms with van der Waals surface area (Å²) in [5.41, 5.74) is 5.13. The number of nitrogens with one attached hydrogen (secondary N) is 1. The zero-order valence-corrected chi connectivity index (χ0v) is 19.5. The van der Waals surface area contributed by atoms with Crippen molar-refractivity contribution < 1.29 is 14.3 Å². The Labute approximate surface area is 202 Å². The van der Waals surface area contributed by atoms with Crippen LogP contribution in [0.25, 0.3) is 16.9 Å². The minimum absolute atomic E-state index is 0.0201. The van der Waals surface area contributed by atoms with Gasteiger partial charge in [-0.15, -0.1) is 0 Å². The van der Waals surface area contributed by atoms with Crippen LogP contribution in [-0.4, -0.2) is 58.6 Å². The van der Waals surface area contributed by atoms with E-state index in [4.69, 9.17) is 9.47 Å². The molecule has 1 amide bonds. The number of amides is 1. The molecule has 1 fully saturated rings. The van der Waals surface area contributed by atoms with Crippen LogP contribution in [0.1, 0.15) is 21.5 Å². The van der Waals surface area contributed by atoms with E-state index < -0.39 is 0 Å². The predicted molar refractivity (Wildman–Crippen MR) is 131 cm³/mol. The van der Waals surface area contributed by atoms with Crippen molar-refractivity contribution in [3.05, 3.63) is 71.7 Å². The van der Waals surface area contributed by atoms with E-state index in [1.165, 1.54) is 0 Å². The molecule has 0 saturated carbocycles. The van der Waals surface area contributed by atoms with E-state index in [1.54, 1.807) is 31.6 Å². The lowest BCUT2D eigenvalue weighted by atomic mass is 10.1. The molecule has 0 atom stereocenters. The Morgan fingerprint density at radius 2 is 2.00 bits per heavy atom. The summed E-state index contributed by atoms with van der Waals surface area (Å²) >= 11 is 0. The molecule has 4 aromatic rings. The molecule has 0 aliphatic carbocycles. The van der Waals surface area contributed by atoms with E-state index in [1.807, 2.05) is 46.7 Å². The fourth-order valence-corrected chi connectivity index (χ4v) is 4.23. The Morgan fingerprint density at radius 1 is 1.17 bits per heavy atom. The molecule has 3 heterocycles. The molecule has 0 spiro atoms. The van der Waals surface area contributed by atoms with Gasteiger partial charge >= 0.3 is 0 Å². The third-order valence-corrected chi connectivity index (χ3v) is 6.06. The predicted octanol–water partition coefficient (Wildman–Crippen LogP) is 3.80. The number of aromatic nitrogens is 3. The number of nitriles is 1. The summed E-state index contributed by atoms with van der Waals surface area (Å²) in [6.45, 7) is 4.28. The Kier molecular flexibility index (Phi) is 6.04. The number of imidazole rings is 1. The average molecular weight is 469 g/mol. The van der Waals surface area contributed by atoms with E-state index in [0.717, 1.165) is 22.5 Å². The highest BCUT2D eigenvalue weighted by Gasteiger charge is 2.20. The highest BCUT2D eigenvalue weighted by molar-refractivity contribution is 5.96. The normalized spacial score (nSPS) is 13.5. The molecule has 0 unspecified atom stereocenters. The van der Waals surface area contributed by atoms with Gasteiger partial charge in [-0.1, -0.05) is 0 Å². The van der Waals surface area contributed by atoms with Crippen molar-refractivity contribution in [1.29, 1.82) is 5.26 Å². The number of hydrogen-bond donors (Lipinski definition) is 1. The van der Waals surface area contributed by atoms with Crippen molar-refractivity contribution in [3.63, 3.8) is 0 Å². The fourth-order valence-electron chi connectivity index (χ4n) is 4.23. The molecular weight excluding hydrogens is 444 g/mol. The second kappa shape index (κ2) is 9.44. The number of carbonyl (C=O) groups is 1. The Balaban J connectivity index is 1.43. The smallest absolute Gasteiger partial charge is 0.254 e. The first kappa shape index (κ1) is 22.4. The number of carbonyl (C=O) groups excluding carboxylic acids is 1. The van der Waals surface area contributed by atoms with Gasteiger partial charge in [-0.25, -0.2) is 9.97 Å². The highest BCUT2D eigenvalue weighted by atomic mass is 16.5. The van der Waals surface area contributed by atoms with Gasteiger partial charge in [0, 0.05) is 42.3 Å². The van der Waals surface area contributed by atoms with Crippen LogP contribution in [0, 0.1) is 18.3 Å². The summed E-state index contributed by atoms with van der Waals surface area (Å²) in [5.74, 6) is 1.13. The van der Waals surface area contributed by atoms with Crippen molar-refractivity contribution in [2.45, 2.75) is 6.92 Å². The molecule has 176 valence electrons. The lowest BCUT2D eigenvalue weighted by Gasteiger charge is -2.27. The first-order valence-electron chi connectivity index (χ1n) is 11.2. The number of hydrogen-bond acceptors (Lipinski definition) is 7. The minimum Gasteiger partial charge on any atom is -0.495 e. The SMILES string of the molecule is COc1ccc(-c2cnc3c(Nc4ccc(C(=O)N5CCOCC5)c(C)c4)nccn23)cc1C#N. The summed E-state index contributed by atoms with van der Waals surface area (Å²) in [6, 6.07) is 13.3. The lowest BCUT2D eigenvalue weighted by Crippen LogP contribution is -2.40. The number of anilines is 2. The number of benzene rings is 2. The van der Waals surface area contributed by atoms with Crippen LogP contribution in [0.15, 0.2) is 55.0 Å². The molecule has 1 aliphatic rings. The first-order chi connectivity index (χ1) is 17.1. The average Bonchev–Trinajstić information content (AvgIpc) is 3.34. The molecule has 5 rings (SSSR count). The number of ether oxygens (including phenoxy) is 2. The third kappa shape index (κ3) is 4.27.